The Hall–Kier alpha value is -2.41. The van der Waals surface area contributed by atoms with Crippen LogP contribution in [0.15, 0.2) is 30.5 Å². The molecule has 7 heteroatoms. The molecule has 2 aromatic rings. The van der Waals surface area contributed by atoms with Gasteiger partial charge >= 0.3 is 0 Å². The maximum atomic E-state index is 12.6. The molecule has 3 heterocycles. The summed E-state index contributed by atoms with van der Waals surface area (Å²) in [6, 6.07) is 7.85. The SMILES string of the molecule is CN(C)c1cccc([C@H]2CN(C(=O)CCc3ccnn3C)CCO2)n1. The highest BCUT2D eigenvalue weighted by Crippen LogP contribution is 2.23. The fraction of sp³-hybridized carbons (Fsp3) is 0.500. The Balaban J connectivity index is 1.61. The molecule has 0 aliphatic carbocycles. The quantitative estimate of drug-likeness (QED) is 0.821. The van der Waals surface area contributed by atoms with Crippen LogP contribution in [0.5, 0.6) is 0 Å². The van der Waals surface area contributed by atoms with E-state index < -0.39 is 0 Å². The van der Waals surface area contributed by atoms with E-state index in [9.17, 15) is 4.79 Å². The number of hydrogen-bond acceptors (Lipinski definition) is 5. The van der Waals surface area contributed by atoms with E-state index >= 15 is 0 Å². The highest BCUT2D eigenvalue weighted by atomic mass is 16.5. The van der Waals surface area contributed by atoms with Gasteiger partial charge in [-0.3, -0.25) is 9.48 Å². The van der Waals surface area contributed by atoms with Gasteiger partial charge in [-0.25, -0.2) is 4.98 Å². The van der Waals surface area contributed by atoms with Crippen molar-refractivity contribution >= 4 is 11.7 Å². The highest BCUT2D eigenvalue weighted by molar-refractivity contribution is 5.76. The van der Waals surface area contributed by atoms with E-state index in [1.54, 1.807) is 6.20 Å². The van der Waals surface area contributed by atoms with Gasteiger partial charge in [0.05, 0.1) is 18.8 Å². The van der Waals surface area contributed by atoms with Gasteiger partial charge in [-0.1, -0.05) is 6.07 Å². The average molecular weight is 343 g/mol. The summed E-state index contributed by atoms with van der Waals surface area (Å²) in [5.74, 6) is 1.04. The van der Waals surface area contributed by atoms with E-state index in [1.807, 2.05) is 59.9 Å². The molecule has 2 aromatic heterocycles. The number of aromatic nitrogens is 3. The van der Waals surface area contributed by atoms with Crippen molar-refractivity contribution in [2.45, 2.75) is 18.9 Å². The van der Waals surface area contributed by atoms with Crippen LogP contribution in [-0.2, 0) is 23.0 Å². The minimum absolute atomic E-state index is 0.151. The average Bonchev–Trinajstić information content (AvgIpc) is 3.05. The highest BCUT2D eigenvalue weighted by Gasteiger charge is 2.26. The van der Waals surface area contributed by atoms with Crippen molar-refractivity contribution in [3.63, 3.8) is 0 Å². The lowest BCUT2D eigenvalue weighted by molar-refractivity contribution is -0.139. The first-order chi connectivity index (χ1) is 12.0. The van der Waals surface area contributed by atoms with E-state index in [4.69, 9.17) is 4.74 Å². The normalized spacial score (nSPS) is 17.6. The maximum absolute atomic E-state index is 12.6. The van der Waals surface area contributed by atoms with Gasteiger partial charge < -0.3 is 14.5 Å². The van der Waals surface area contributed by atoms with Crippen LogP contribution in [0.3, 0.4) is 0 Å². The third kappa shape index (κ3) is 4.17. The molecule has 0 radical (unpaired) electrons. The van der Waals surface area contributed by atoms with Gasteiger partial charge in [-0.2, -0.15) is 5.10 Å². The molecule has 1 aliphatic rings. The second kappa shape index (κ2) is 7.65. The van der Waals surface area contributed by atoms with E-state index in [-0.39, 0.29) is 12.0 Å². The minimum atomic E-state index is -0.172. The van der Waals surface area contributed by atoms with Crippen LogP contribution in [0.1, 0.15) is 23.9 Å². The third-order valence-corrected chi connectivity index (χ3v) is 4.48. The lowest BCUT2D eigenvalue weighted by Gasteiger charge is -2.33. The Kier molecular flexibility index (Phi) is 5.33. The maximum Gasteiger partial charge on any atom is 0.223 e. The molecule has 134 valence electrons. The summed E-state index contributed by atoms with van der Waals surface area (Å²) in [4.78, 5) is 21.1. The van der Waals surface area contributed by atoms with Crippen molar-refractivity contribution in [1.82, 2.24) is 19.7 Å². The molecule has 0 N–H and O–H groups in total. The smallest absolute Gasteiger partial charge is 0.223 e. The number of morpholine rings is 1. The van der Waals surface area contributed by atoms with E-state index in [0.29, 0.717) is 32.5 Å². The van der Waals surface area contributed by atoms with Gasteiger partial charge in [-0.05, 0) is 24.6 Å². The third-order valence-electron chi connectivity index (χ3n) is 4.48. The molecule has 3 rings (SSSR count). The number of anilines is 1. The molecule has 1 fully saturated rings. The van der Waals surface area contributed by atoms with E-state index in [0.717, 1.165) is 17.2 Å². The summed E-state index contributed by atoms with van der Waals surface area (Å²) in [6.45, 7) is 1.72. The predicted molar refractivity (Wildman–Crippen MR) is 95.4 cm³/mol. The zero-order chi connectivity index (χ0) is 17.8. The second-order valence-electron chi connectivity index (χ2n) is 6.46. The van der Waals surface area contributed by atoms with Crippen molar-refractivity contribution in [1.29, 1.82) is 0 Å². The molecule has 0 spiro atoms. The summed E-state index contributed by atoms with van der Waals surface area (Å²) in [7, 11) is 5.82. The van der Waals surface area contributed by atoms with Gasteiger partial charge in [0.15, 0.2) is 0 Å². The molecule has 7 nitrogen and oxygen atoms in total. The topological polar surface area (TPSA) is 63.5 Å². The number of carbonyl (C=O) groups excluding carboxylic acids is 1. The van der Waals surface area contributed by atoms with Crippen molar-refractivity contribution in [3.8, 4) is 0 Å². The van der Waals surface area contributed by atoms with Gasteiger partial charge in [-0.15, -0.1) is 0 Å². The van der Waals surface area contributed by atoms with Crippen molar-refractivity contribution in [2.24, 2.45) is 7.05 Å². The second-order valence-corrected chi connectivity index (χ2v) is 6.46. The first-order valence-corrected chi connectivity index (χ1v) is 8.55. The van der Waals surface area contributed by atoms with Crippen LogP contribution in [0.2, 0.25) is 0 Å². The molecule has 25 heavy (non-hydrogen) atoms. The first kappa shape index (κ1) is 17.4. The minimum Gasteiger partial charge on any atom is -0.368 e. The van der Waals surface area contributed by atoms with Crippen molar-refractivity contribution in [2.75, 3.05) is 38.7 Å². The molecule has 1 saturated heterocycles. The number of hydrogen-bond donors (Lipinski definition) is 0. The fourth-order valence-corrected chi connectivity index (χ4v) is 2.96. The van der Waals surface area contributed by atoms with Gasteiger partial charge in [0, 0.05) is 46.0 Å². The van der Waals surface area contributed by atoms with Crippen molar-refractivity contribution in [3.05, 3.63) is 41.9 Å². The fourth-order valence-electron chi connectivity index (χ4n) is 2.96. The molecule has 0 aromatic carbocycles. The Labute approximate surface area is 148 Å². The van der Waals surface area contributed by atoms with Crippen LogP contribution in [0.4, 0.5) is 5.82 Å². The molecule has 1 amide bonds. The molecule has 0 saturated carbocycles. The first-order valence-electron chi connectivity index (χ1n) is 8.55. The summed E-state index contributed by atoms with van der Waals surface area (Å²) in [5, 5.41) is 4.14. The van der Waals surface area contributed by atoms with Crippen molar-refractivity contribution < 1.29 is 9.53 Å². The number of ether oxygens (including phenoxy) is 1. The molecule has 0 bridgehead atoms. The summed E-state index contributed by atoms with van der Waals surface area (Å²) in [5.41, 5.74) is 1.94. The van der Waals surface area contributed by atoms with Crippen LogP contribution < -0.4 is 4.90 Å². The monoisotopic (exact) mass is 343 g/mol. The summed E-state index contributed by atoms with van der Waals surface area (Å²) < 4.78 is 7.67. The van der Waals surface area contributed by atoms with Gasteiger partial charge in [0.25, 0.3) is 0 Å². The molecule has 0 unspecified atom stereocenters. The lowest BCUT2D eigenvalue weighted by Crippen LogP contribution is -2.42. The summed E-state index contributed by atoms with van der Waals surface area (Å²) in [6.07, 6.45) is 2.77. The molecular formula is C18H25N5O2. The Bertz CT molecular complexity index is 728. The Morgan fingerprint density at radius 2 is 2.20 bits per heavy atom. The standard InChI is InChI=1S/C18H25N5O2/c1-21(2)17-6-4-5-15(20-17)16-13-23(11-12-25-16)18(24)8-7-14-9-10-19-22(14)3/h4-6,9-10,16H,7-8,11-13H2,1-3H3/t16-/m1/s1. The van der Waals surface area contributed by atoms with Gasteiger partial charge in [0.2, 0.25) is 5.91 Å². The van der Waals surface area contributed by atoms with Crippen LogP contribution in [0, 0.1) is 0 Å². The number of amides is 1. The van der Waals surface area contributed by atoms with Crippen LogP contribution >= 0.6 is 0 Å². The number of nitrogens with zero attached hydrogens (tertiary/aromatic N) is 5. The number of pyridine rings is 1. The van der Waals surface area contributed by atoms with Gasteiger partial charge in [0.1, 0.15) is 11.9 Å². The molecule has 1 atom stereocenters. The van der Waals surface area contributed by atoms with Crippen LogP contribution in [0.25, 0.3) is 0 Å². The Morgan fingerprint density at radius 1 is 1.36 bits per heavy atom. The number of aryl methyl sites for hydroxylation is 2. The zero-order valence-corrected chi connectivity index (χ0v) is 15.1. The molecular weight excluding hydrogens is 318 g/mol. The van der Waals surface area contributed by atoms with E-state index in [1.165, 1.54) is 0 Å². The van der Waals surface area contributed by atoms with E-state index in [2.05, 4.69) is 10.1 Å². The largest absolute Gasteiger partial charge is 0.368 e. The Morgan fingerprint density at radius 3 is 2.92 bits per heavy atom. The molecule has 1 aliphatic heterocycles. The zero-order valence-electron chi connectivity index (χ0n) is 15.1. The number of rotatable bonds is 5. The number of carbonyl (C=O) groups is 1. The van der Waals surface area contributed by atoms with Crippen LogP contribution in [-0.4, -0.2) is 59.4 Å². The summed E-state index contributed by atoms with van der Waals surface area (Å²) >= 11 is 0. The predicted octanol–water partition coefficient (Wildman–Crippen LogP) is 1.41. The lowest BCUT2D eigenvalue weighted by atomic mass is 10.1.